The molecule has 0 bridgehead atoms. The molecule has 0 aromatic heterocycles. The van der Waals surface area contributed by atoms with Crippen molar-refractivity contribution in [2.24, 2.45) is 0 Å². The number of carbonyl (C=O) groups excluding carboxylic acids is 1. The van der Waals surface area contributed by atoms with Crippen molar-refractivity contribution in [3.8, 4) is 0 Å². The number of rotatable bonds is 8. The summed E-state index contributed by atoms with van der Waals surface area (Å²) in [4.78, 5) is 12.4. The van der Waals surface area contributed by atoms with Crippen molar-refractivity contribution >= 4 is 17.7 Å². The summed E-state index contributed by atoms with van der Waals surface area (Å²) in [5.41, 5.74) is 0.205. The third-order valence-corrected chi connectivity index (χ3v) is 4.32. The van der Waals surface area contributed by atoms with Gasteiger partial charge in [0.05, 0.1) is 6.61 Å². The topological polar surface area (TPSA) is 38.3 Å². The molecule has 0 saturated heterocycles. The number of esters is 1. The number of likely N-dealkylation sites (N-methyl/N-ethyl adjacent to an activating group) is 1. The first-order chi connectivity index (χ1) is 9.21. The van der Waals surface area contributed by atoms with Crippen molar-refractivity contribution in [2.75, 3.05) is 25.2 Å². The molecule has 0 aliphatic carbocycles. The second-order valence-corrected chi connectivity index (χ2v) is 5.40. The SMILES string of the molecule is CCCSCC(NC)(C(=O)OCC)c1ccccc1. The molecule has 0 heterocycles. The summed E-state index contributed by atoms with van der Waals surface area (Å²) in [6.07, 6.45) is 1.10. The van der Waals surface area contributed by atoms with Crippen molar-refractivity contribution in [2.45, 2.75) is 25.8 Å². The van der Waals surface area contributed by atoms with Crippen molar-refractivity contribution in [1.29, 1.82) is 0 Å². The van der Waals surface area contributed by atoms with Crippen LogP contribution < -0.4 is 5.32 Å². The molecular formula is C15H23NO2S. The minimum absolute atomic E-state index is 0.202. The van der Waals surface area contributed by atoms with Crippen LogP contribution in [0.25, 0.3) is 0 Å². The van der Waals surface area contributed by atoms with Crippen LogP contribution in [0.5, 0.6) is 0 Å². The first-order valence-electron chi connectivity index (χ1n) is 6.70. The van der Waals surface area contributed by atoms with Gasteiger partial charge in [0, 0.05) is 5.75 Å². The zero-order chi connectivity index (χ0) is 14.1. The summed E-state index contributed by atoms with van der Waals surface area (Å²) in [6.45, 7) is 4.37. The Bertz CT molecular complexity index is 383. The lowest BCUT2D eigenvalue weighted by molar-refractivity contribution is -0.150. The molecule has 1 atom stereocenters. The highest BCUT2D eigenvalue weighted by Gasteiger charge is 2.40. The lowest BCUT2D eigenvalue weighted by Gasteiger charge is -2.31. The van der Waals surface area contributed by atoms with Gasteiger partial charge in [-0.2, -0.15) is 11.8 Å². The van der Waals surface area contributed by atoms with Crippen LogP contribution in [0.15, 0.2) is 30.3 Å². The normalized spacial score (nSPS) is 13.8. The molecule has 4 heteroatoms. The van der Waals surface area contributed by atoms with E-state index in [0.717, 1.165) is 17.7 Å². The molecule has 0 fully saturated rings. The fourth-order valence-corrected chi connectivity index (χ4v) is 3.09. The van der Waals surface area contributed by atoms with Crippen LogP contribution in [-0.4, -0.2) is 31.1 Å². The predicted octanol–water partition coefficient (Wildman–Crippen LogP) is 2.81. The van der Waals surface area contributed by atoms with Gasteiger partial charge in [0.1, 0.15) is 0 Å². The maximum Gasteiger partial charge on any atom is 0.331 e. The predicted molar refractivity (Wildman–Crippen MR) is 81.4 cm³/mol. The van der Waals surface area contributed by atoms with Gasteiger partial charge in [-0.05, 0) is 31.7 Å². The van der Waals surface area contributed by atoms with Crippen LogP contribution in [0.4, 0.5) is 0 Å². The van der Waals surface area contributed by atoms with Crippen LogP contribution in [0.2, 0.25) is 0 Å². The van der Waals surface area contributed by atoms with Crippen molar-refractivity contribution in [1.82, 2.24) is 5.32 Å². The molecule has 0 amide bonds. The number of hydrogen-bond donors (Lipinski definition) is 1. The molecule has 1 aromatic rings. The Hall–Kier alpha value is -1.00. The summed E-state index contributed by atoms with van der Waals surface area (Å²) in [6, 6.07) is 9.80. The van der Waals surface area contributed by atoms with E-state index >= 15 is 0 Å². The van der Waals surface area contributed by atoms with Gasteiger partial charge in [-0.15, -0.1) is 0 Å². The van der Waals surface area contributed by atoms with E-state index < -0.39 is 5.54 Å². The molecule has 0 saturated carbocycles. The van der Waals surface area contributed by atoms with Crippen molar-refractivity contribution in [3.05, 3.63) is 35.9 Å². The van der Waals surface area contributed by atoms with Gasteiger partial charge in [0.2, 0.25) is 0 Å². The zero-order valence-corrected chi connectivity index (χ0v) is 12.8. The number of carbonyl (C=O) groups is 1. The van der Waals surface area contributed by atoms with Crippen LogP contribution in [0.1, 0.15) is 25.8 Å². The van der Waals surface area contributed by atoms with Crippen molar-refractivity contribution < 1.29 is 9.53 Å². The molecular weight excluding hydrogens is 258 g/mol. The standard InChI is InChI=1S/C15H23NO2S/c1-4-11-19-12-15(16-3,14(17)18-5-2)13-9-7-6-8-10-13/h6-10,16H,4-5,11-12H2,1-3H3. The van der Waals surface area contributed by atoms with E-state index in [9.17, 15) is 4.79 Å². The number of benzene rings is 1. The lowest BCUT2D eigenvalue weighted by Crippen LogP contribution is -2.50. The van der Waals surface area contributed by atoms with E-state index in [0.29, 0.717) is 12.4 Å². The molecule has 1 aromatic carbocycles. The monoisotopic (exact) mass is 281 g/mol. The Labute approximate surface area is 120 Å². The van der Waals surface area contributed by atoms with E-state index in [1.54, 1.807) is 11.8 Å². The fraction of sp³-hybridized carbons (Fsp3) is 0.533. The summed E-state index contributed by atoms with van der Waals surface area (Å²) in [7, 11) is 1.82. The third-order valence-electron chi connectivity index (χ3n) is 2.98. The van der Waals surface area contributed by atoms with E-state index in [1.807, 2.05) is 44.3 Å². The summed E-state index contributed by atoms with van der Waals surface area (Å²) in [5, 5.41) is 3.18. The summed E-state index contributed by atoms with van der Waals surface area (Å²) in [5.74, 6) is 1.52. The highest BCUT2D eigenvalue weighted by Crippen LogP contribution is 2.27. The van der Waals surface area contributed by atoms with E-state index in [-0.39, 0.29) is 5.97 Å². The zero-order valence-electron chi connectivity index (χ0n) is 11.9. The van der Waals surface area contributed by atoms with Gasteiger partial charge in [0.15, 0.2) is 5.54 Å². The van der Waals surface area contributed by atoms with E-state index in [2.05, 4.69) is 12.2 Å². The average Bonchev–Trinajstić information content (AvgIpc) is 2.45. The van der Waals surface area contributed by atoms with Crippen LogP contribution >= 0.6 is 11.8 Å². The number of ether oxygens (including phenoxy) is 1. The average molecular weight is 281 g/mol. The number of nitrogens with one attached hydrogen (secondary N) is 1. The van der Waals surface area contributed by atoms with Gasteiger partial charge >= 0.3 is 5.97 Å². The van der Waals surface area contributed by atoms with E-state index in [1.165, 1.54) is 0 Å². The van der Waals surface area contributed by atoms with Crippen LogP contribution in [-0.2, 0) is 15.1 Å². The number of hydrogen-bond acceptors (Lipinski definition) is 4. The van der Waals surface area contributed by atoms with Crippen molar-refractivity contribution in [3.63, 3.8) is 0 Å². The minimum Gasteiger partial charge on any atom is -0.464 e. The van der Waals surface area contributed by atoms with Gasteiger partial charge in [-0.3, -0.25) is 0 Å². The van der Waals surface area contributed by atoms with Gasteiger partial charge in [-0.1, -0.05) is 37.3 Å². The first kappa shape index (κ1) is 16.1. The molecule has 0 radical (unpaired) electrons. The van der Waals surface area contributed by atoms with Crippen LogP contribution in [0.3, 0.4) is 0 Å². The quantitative estimate of drug-likeness (QED) is 0.587. The highest BCUT2D eigenvalue weighted by molar-refractivity contribution is 7.99. The maximum absolute atomic E-state index is 12.4. The molecule has 3 nitrogen and oxygen atoms in total. The Kier molecular flexibility index (Phi) is 6.95. The molecule has 0 aliphatic rings. The second-order valence-electron chi connectivity index (χ2n) is 4.29. The summed E-state index contributed by atoms with van der Waals surface area (Å²) < 4.78 is 5.27. The number of thioether (sulfide) groups is 1. The van der Waals surface area contributed by atoms with Gasteiger partial charge in [0.25, 0.3) is 0 Å². The second kappa shape index (κ2) is 8.23. The summed E-state index contributed by atoms with van der Waals surface area (Å²) >= 11 is 1.77. The molecule has 19 heavy (non-hydrogen) atoms. The first-order valence-corrected chi connectivity index (χ1v) is 7.86. The molecule has 1 N–H and O–H groups in total. The Balaban J connectivity index is 3.02. The smallest absolute Gasteiger partial charge is 0.331 e. The van der Waals surface area contributed by atoms with Gasteiger partial charge < -0.3 is 10.1 Å². The Morgan fingerprint density at radius 1 is 1.32 bits per heavy atom. The third kappa shape index (κ3) is 3.98. The Morgan fingerprint density at radius 2 is 2.00 bits per heavy atom. The molecule has 0 spiro atoms. The highest BCUT2D eigenvalue weighted by atomic mass is 32.2. The van der Waals surface area contributed by atoms with Crippen LogP contribution in [0, 0.1) is 0 Å². The van der Waals surface area contributed by atoms with Gasteiger partial charge in [-0.25, -0.2) is 4.79 Å². The minimum atomic E-state index is -0.753. The Morgan fingerprint density at radius 3 is 2.53 bits per heavy atom. The molecule has 106 valence electrons. The molecule has 1 rings (SSSR count). The fourth-order valence-electron chi connectivity index (χ4n) is 1.93. The maximum atomic E-state index is 12.4. The molecule has 1 unspecified atom stereocenters. The van der Waals surface area contributed by atoms with E-state index in [4.69, 9.17) is 4.74 Å². The largest absolute Gasteiger partial charge is 0.464 e. The molecule has 0 aliphatic heterocycles. The lowest BCUT2D eigenvalue weighted by atomic mass is 9.92.